The average molecular weight is 335 g/mol. The molecule has 0 aliphatic rings. The molecule has 1 atom stereocenters. The van der Waals surface area contributed by atoms with Gasteiger partial charge in [-0.15, -0.1) is 0 Å². The quantitative estimate of drug-likeness (QED) is 0.691. The number of nitrogens with one attached hydrogen (secondary N) is 2. The van der Waals surface area contributed by atoms with E-state index in [1.807, 2.05) is 25.9 Å². The minimum absolute atomic E-state index is 0.268. The van der Waals surface area contributed by atoms with Gasteiger partial charge in [-0.3, -0.25) is 9.59 Å². The fraction of sp³-hybridized carbons (Fsp3) is 0.471. The second-order valence-electron chi connectivity index (χ2n) is 5.60. The van der Waals surface area contributed by atoms with Crippen LogP contribution >= 0.6 is 0 Å². The van der Waals surface area contributed by atoms with Gasteiger partial charge in [0.05, 0.1) is 5.56 Å². The first kappa shape index (κ1) is 19.5. The first-order valence-electron chi connectivity index (χ1n) is 7.86. The zero-order valence-electron chi connectivity index (χ0n) is 14.6. The van der Waals surface area contributed by atoms with Crippen molar-refractivity contribution in [3.05, 3.63) is 29.8 Å². The first-order valence-corrected chi connectivity index (χ1v) is 7.86. The third kappa shape index (κ3) is 6.28. The van der Waals surface area contributed by atoms with Gasteiger partial charge in [-0.1, -0.05) is 6.92 Å². The number of benzene rings is 1. The fourth-order valence-corrected chi connectivity index (χ4v) is 1.86. The zero-order chi connectivity index (χ0) is 18.1. The predicted molar refractivity (Wildman–Crippen MR) is 92.0 cm³/mol. The molecule has 2 N–H and O–H groups in total. The van der Waals surface area contributed by atoms with E-state index in [9.17, 15) is 14.4 Å². The van der Waals surface area contributed by atoms with Crippen molar-refractivity contribution in [2.24, 2.45) is 0 Å². The van der Waals surface area contributed by atoms with Gasteiger partial charge in [-0.25, -0.2) is 4.79 Å². The van der Waals surface area contributed by atoms with Gasteiger partial charge in [0.15, 0.2) is 6.61 Å². The molecule has 0 unspecified atom stereocenters. The van der Waals surface area contributed by atoms with Gasteiger partial charge in [0.1, 0.15) is 6.04 Å². The Kier molecular flexibility index (Phi) is 7.74. The number of hydrogen-bond donors (Lipinski definition) is 2. The van der Waals surface area contributed by atoms with Crippen molar-refractivity contribution in [3.8, 4) is 0 Å². The monoisotopic (exact) mass is 335 g/mol. The summed E-state index contributed by atoms with van der Waals surface area (Å²) in [7, 11) is 3.80. The van der Waals surface area contributed by atoms with Crippen LogP contribution in [0.1, 0.15) is 30.6 Å². The molecule has 0 saturated carbocycles. The van der Waals surface area contributed by atoms with Crippen LogP contribution in [0, 0.1) is 0 Å². The van der Waals surface area contributed by atoms with Gasteiger partial charge >= 0.3 is 5.97 Å². The molecule has 0 saturated heterocycles. The number of carbonyl (C=O) groups is 3. The van der Waals surface area contributed by atoms with Gasteiger partial charge in [-0.2, -0.15) is 0 Å². The van der Waals surface area contributed by atoms with Crippen molar-refractivity contribution < 1.29 is 19.1 Å². The lowest BCUT2D eigenvalue weighted by molar-refractivity contribution is -0.130. The van der Waals surface area contributed by atoms with E-state index in [1.54, 1.807) is 31.2 Å². The Balaban J connectivity index is 2.43. The van der Waals surface area contributed by atoms with Crippen LogP contribution in [0.15, 0.2) is 24.3 Å². The van der Waals surface area contributed by atoms with E-state index in [0.29, 0.717) is 12.1 Å². The highest BCUT2D eigenvalue weighted by atomic mass is 16.5. The molecule has 7 nitrogen and oxygen atoms in total. The van der Waals surface area contributed by atoms with E-state index in [2.05, 4.69) is 10.6 Å². The number of carbonyl (C=O) groups excluding carboxylic acids is 3. The molecule has 0 aliphatic carbocycles. The smallest absolute Gasteiger partial charge is 0.338 e. The minimum Gasteiger partial charge on any atom is -0.452 e. The van der Waals surface area contributed by atoms with Crippen LogP contribution in [0.3, 0.4) is 0 Å². The third-order valence-electron chi connectivity index (χ3n) is 3.27. The third-order valence-corrected chi connectivity index (χ3v) is 3.27. The van der Waals surface area contributed by atoms with Gasteiger partial charge in [0, 0.05) is 26.3 Å². The molecular formula is C17H25N3O4. The van der Waals surface area contributed by atoms with Crippen LogP contribution in [-0.4, -0.2) is 51.1 Å². The summed E-state index contributed by atoms with van der Waals surface area (Å²) < 4.78 is 4.96. The molecule has 7 heteroatoms. The largest absolute Gasteiger partial charge is 0.452 e. The highest BCUT2D eigenvalue weighted by Crippen LogP contribution is 2.12. The normalized spacial score (nSPS) is 11.3. The standard InChI is InChI=1S/C17H25N3O4/c1-5-10-18-16(22)12(2)19-15(21)11-24-17(23)13-6-8-14(9-7-13)20(3)4/h6-9,12H,5,10-11H2,1-4H3,(H,18,22)(H,19,21)/t12-/m1/s1. The highest BCUT2D eigenvalue weighted by Gasteiger charge is 2.16. The molecule has 0 aromatic heterocycles. The number of ether oxygens (including phenoxy) is 1. The van der Waals surface area contributed by atoms with Crippen LogP contribution in [0.2, 0.25) is 0 Å². The molecule has 0 fully saturated rings. The van der Waals surface area contributed by atoms with E-state index in [1.165, 1.54) is 0 Å². The van der Waals surface area contributed by atoms with Crippen LogP contribution < -0.4 is 15.5 Å². The van der Waals surface area contributed by atoms with E-state index in [-0.39, 0.29) is 5.91 Å². The number of nitrogens with zero attached hydrogens (tertiary/aromatic N) is 1. The molecule has 0 aliphatic heterocycles. The van der Waals surface area contributed by atoms with Crippen molar-refractivity contribution >= 4 is 23.5 Å². The SMILES string of the molecule is CCCNC(=O)[C@@H](C)NC(=O)COC(=O)c1ccc(N(C)C)cc1. The molecule has 132 valence electrons. The Bertz CT molecular complexity index is 570. The van der Waals surface area contributed by atoms with Gasteiger partial charge in [0.25, 0.3) is 5.91 Å². The summed E-state index contributed by atoms with van der Waals surface area (Å²) in [6.07, 6.45) is 0.816. The van der Waals surface area contributed by atoms with E-state index in [0.717, 1.165) is 12.1 Å². The summed E-state index contributed by atoms with van der Waals surface area (Å²) in [6, 6.07) is 6.17. The van der Waals surface area contributed by atoms with E-state index >= 15 is 0 Å². The second kappa shape index (κ2) is 9.54. The van der Waals surface area contributed by atoms with Gasteiger partial charge in [-0.05, 0) is 37.6 Å². The molecule has 1 rings (SSSR count). The van der Waals surface area contributed by atoms with Crippen LogP contribution in [0.4, 0.5) is 5.69 Å². The lowest BCUT2D eigenvalue weighted by Gasteiger charge is -2.14. The molecule has 0 spiro atoms. The van der Waals surface area contributed by atoms with Crippen molar-refractivity contribution in [1.82, 2.24) is 10.6 Å². The van der Waals surface area contributed by atoms with Crippen LogP contribution in [0.5, 0.6) is 0 Å². The molecule has 0 heterocycles. The maximum atomic E-state index is 11.9. The molecular weight excluding hydrogens is 310 g/mol. The second-order valence-corrected chi connectivity index (χ2v) is 5.60. The Hall–Kier alpha value is -2.57. The molecule has 1 aromatic carbocycles. The molecule has 1 aromatic rings. The average Bonchev–Trinajstić information content (AvgIpc) is 2.57. The summed E-state index contributed by atoms with van der Waals surface area (Å²) in [4.78, 5) is 37.2. The maximum Gasteiger partial charge on any atom is 0.338 e. The summed E-state index contributed by atoms with van der Waals surface area (Å²) >= 11 is 0. The summed E-state index contributed by atoms with van der Waals surface area (Å²) in [5.74, 6) is -1.37. The lowest BCUT2D eigenvalue weighted by atomic mass is 10.2. The number of esters is 1. The molecule has 0 radical (unpaired) electrons. The fourth-order valence-electron chi connectivity index (χ4n) is 1.86. The van der Waals surface area contributed by atoms with Gasteiger partial charge in [0.2, 0.25) is 5.91 Å². The summed E-state index contributed by atoms with van der Waals surface area (Å²) in [6.45, 7) is 3.63. The summed E-state index contributed by atoms with van der Waals surface area (Å²) in [5, 5.41) is 5.16. The molecule has 0 bridgehead atoms. The molecule has 2 amide bonds. The van der Waals surface area contributed by atoms with Crippen molar-refractivity contribution in [2.45, 2.75) is 26.3 Å². The van der Waals surface area contributed by atoms with Crippen molar-refractivity contribution in [3.63, 3.8) is 0 Å². The topological polar surface area (TPSA) is 87.7 Å². The Morgan fingerprint density at radius 1 is 1.17 bits per heavy atom. The Labute approximate surface area is 142 Å². The predicted octanol–water partition coefficient (Wildman–Crippen LogP) is 0.940. The van der Waals surface area contributed by atoms with Crippen LogP contribution in [0.25, 0.3) is 0 Å². The van der Waals surface area contributed by atoms with Crippen molar-refractivity contribution in [1.29, 1.82) is 0 Å². The highest BCUT2D eigenvalue weighted by molar-refractivity contribution is 5.92. The number of amides is 2. The number of hydrogen-bond acceptors (Lipinski definition) is 5. The van der Waals surface area contributed by atoms with Gasteiger partial charge < -0.3 is 20.3 Å². The minimum atomic E-state index is -0.679. The van der Waals surface area contributed by atoms with E-state index in [4.69, 9.17) is 4.74 Å². The number of rotatable bonds is 8. The Morgan fingerprint density at radius 2 is 1.79 bits per heavy atom. The first-order chi connectivity index (χ1) is 11.3. The maximum absolute atomic E-state index is 11.9. The van der Waals surface area contributed by atoms with E-state index < -0.39 is 24.5 Å². The van der Waals surface area contributed by atoms with Crippen LogP contribution in [-0.2, 0) is 14.3 Å². The van der Waals surface area contributed by atoms with Crippen molar-refractivity contribution in [2.75, 3.05) is 32.1 Å². The lowest BCUT2D eigenvalue weighted by Crippen LogP contribution is -2.46. The Morgan fingerprint density at radius 3 is 2.33 bits per heavy atom. The zero-order valence-corrected chi connectivity index (χ0v) is 14.6. The number of anilines is 1. The summed E-state index contributed by atoms with van der Waals surface area (Å²) in [5.41, 5.74) is 1.32. The molecule has 24 heavy (non-hydrogen) atoms.